The number of hydrogen-bond acceptors (Lipinski definition) is 2. The van der Waals surface area contributed by atoms with Gasteiger partial charge in [0, 0.05) is 10.7 Å². The molecule has 0 aliphatic rings. The number of rotatable bonds is 6. The molecule has 2 rings (SSSR count). The van der Waals surface area contributed by atoms with E-state index in [1.54, 1.807) is 32.2 Å². The highest BCUT2D eigenvalue weighted by atomic mass is 35.5. The van der Waals surface area contributed by atoms with Gasteiger partial charge in [-0.05, 0) is 57.0 Å². The first kappa shape index (κ1) is 22.2. The monoisotopic (exact) mass is 422 g/mol. The molecule has 0 saturated carbocycles. The summed E-state index contributed by atoms with van der Waals surface area (Å²) in [5, 5.41) is 6.63. The highest BCUT2D eigenvalue weighted by Crippen LogP contribution is 2.25. The molecule has 2 amide bonds. The van der Waals surface area contributed by atoms with Gasteiger partial charge in [-0.3, -0.25) is 9.59 Å². The summed E-state index contributed by atoms with van der Waals surface area (Å²) in [6.07, 6.45) is 0. The van der Waals surface area contributed by atoms with E-state index in [1.807, 2.05) is 32.9 Å². The zero-order chi connectivity index (χ0) is 21.0. The van der Waals surface area contributed by atoms with Crippen molar-refractivity contribution in [2.75, 3.05) is 24.2 Å². The minimum Gasteiger partial charge on any atom is -0.321 e. The molecule has 2 aromatic rings. The number of aryl methyl sites for hydroxylation is 3. The summed E-state index contributed by atoms with van der Waals surface area (Å²) in [6, 6.07) is 8.48. The Kier molecular flexibility index (Phi) is 7.47. The molecule has 5 nitrogen and oxygen atoms in total. The predicted octanol–water partition coefficient (Wildman–Crippen LogP) is 3.40. The fourth-order valence-electron chi connectivity index (χ4n) is 3.03. The van der Waals surface area contributed by atoms with E-state index in [1.165, 1.54) is 0 Å². The van der Waals surface area contributed by atoms with Gasteiger partial charge in [-0.2, -0.15) is 0 Å². The summed E-state index contributed by atoms with van der Waals surface area (Å²) in [4.78, 5) is 25.8. The Balaban J connectivity index is 1.99. The van der Waals surface area contributed by atoms with E-state index in [9.17, 15) is 9.59 Å². The van der Waals surface area contributed by atoms with Gasteiger partial charge in [-0.25, -0.2) is 0 Å². The van der Waals surface area contributed by atoms with Crippen LogP contribution in [0.2, 0.25) is 10.0 Å². The van der Waals surface area contributed by atoms with Crippen molar-refractivity contribution in [2.24, 2.45) is 0 Å². The van der Waals surface area contributed by atoms with Crippen LogP contribution < -0.4 is 15.5 Å². The third-order valence-electron chi connectivity index (χ3n) is 4.70. The summed E-state index contributed by atoms with van der Waals surface area (Å²) in [5.74, 6) is -0.384. The van der Waals surface area contributed by atoms with Gasteiger partial charge in [0.2, 0.25) is 0 Å². The van der Waals surface area contributed by atoms with E-state index >= 15 is 0 Å². The van der Waals surface area contributed by atoms with Gasteiger partial charge in [0.15, 0.2) is 12.6 Å². The minimum absolute atomic E-state index is 0.145. The standard InChI is InChI=1S/C21H25Cl2N3O2/c1-12-8-13(2)20(14(3)9-12)25-19(27)11-26(5)15(4)21(28)24-18-10-16(22)6-7-17(18)23/h6-10,15H,11H2,1-5H3,(H,24,28)(H,25,27)/p+1/t15-/m1/s1. The smallest absolute Gasteiger partial charge is 0.282 e. The van der Waals surface area contributed by atoms with E-state index in [2.05, 4.69) is 10.6 Å². The Morgan fingerprint density at radius 1 is 1.04 bits per heavy atom. The fourth-order valence-corrected chi connectivity index (χ4v) is 3.36. The maximum atomic E-state index is 12.5. The summed E-state index contributed by atoms with van der Waals surface area (Å²) in [5.41, 5.74) is 4.47. The minimum atomic E-state index is -0.457. The zero-order valence-corrected chi connectivity index (χ0v) is 18.3. The molecule has 0 bridgehead atoms. The molecule has 0 aromatic heterocycles. The maximum Gasteiger partial charge on any atom is 0.282 e. The van der Waals surface area contributed by atoms with Crippen molar-refractivity contribution in [1.82, 2.24) is 0 Å². The van der Waals surface area contributed by atoms with E-state index in [0.717, 1.165) is 27.3 Å². The van der Waals surface area contributed by atoms with Crippen LogP contribution >= 0.6 is 23.2 Å². The Morgan fingerprint density at radius 3 is 2.25 bits per heavy atom. The van der Waals surface area contributed by atoms with Gasteiger partial charge < -0.3 is 15.5 Å². The van der Waals surface area contributed by atoms with E-state index in [0.29, 0.717) is 15.7 Å². The molecular formula is C21H26Cl2N3O2+. The molecule has 2 aromatic carbocycles. The first-order valence-corrected chi connectivity index (χ1v) is 9.80. The molecule has 0 spiro atoms. The van der Waals surface area contributed by atoms with Crippen molar-refractivity contribution in [1.29, 1.82) is 0 Å². The van der Waals surface area contributed by atoms with Crippen LogP contribution in [0.3, 0.4) is 0 Å². The Labute approximate surface area is 176 Å². The first-order valence-electron chi connectivity index (χ1n) is 9.04. The summed E-state index contributed by atoms with van der Waals surface area (Å²) in [6.45, 7) is 7.88. The van der Waals surface area contributed by atoms with Crippen LogP contribution in [0.15, 0.2) is 30.3 Å². The number of nitrogens with one attached hydrogen (secondary N) is 3. The van der Waals surface area contributed by atoms with E-state index in [4.69, 9.17) is 23.2 Å². The number of halogens is 2. The molecule has 0 aliphatic carbocycles. The van der Waals surface area contributed by atoms with Crippen LogP contribution in [-0.4, -0.2) is 31.4 Å². The number of quaternary nitrogens is 1. The molecule has 0 fully saturated rings. The second-order valence-corrected chi connectivity index (χ2v) is 8.02. The molecule has 2 atom stereocenters. The SMILES string of the molecule is Cc1cc(C)c(NC(=O)C[NH+](C)[C@H](C)C(=O)Nc2cc(Cl)ccc2Cl)c(C)c1. The summed E-state index contributed by atoms with van der Waals surface area (Å²) >= 11 is 12.1. The van der Waals surface area contributed by atoms with Crippen molar-refractivity contribution < 1.29 is 14.5 Å². The molecular weight excluding hydrogens is 397 g/mol. The highest BCUT2D eigenvalue weighted by Gasteiger charge is 2.25. The molecule has 0 heterocycles. The number of carbonyl (C=O) groups excluding carboxylic acids is 2. The lowest BCUT2D eigenvalue weighted by atomic mass is 10.1. The van der Waals surface area contributed by atoms with E-state index in [-0.39, 0.29) is 18.4 Å². The molecule has 28 heavy (non-hydrogen) atoms. The lowest BCUT2D eigenvalue weighted by Gasteiger charge is -2.21. The van der Waals surface area contributed by atoms with Gasteiger partial charge >= 0.3 is 0 Å². The van der Waals surface area contributed by atoms with Crippen molar-refractivity contribution in [3.05, 3.63) is 57.1 Å². The van der Waals surface area contributed by atoms with Gasteiger partial charge in [-0.1, -0.05) is 40.9 Å². The third kappa shape index (κ3) is 5.71. The van der Waals surface area contributed by atoms with Crippen LogP contribution in [0.4, 0.5) is 11.4 Å². The lowest BCUT2D eigenvalue weighted by molar-refractivity contribution is -0.885. The average molecular weight is 423 g/mol. The van der Waals surface area contributed by atoms with Gasteiger partial charge in [0.05, 0.1) is 17.8 Å². The van der Waals surface area contributed by atoms with Crippen molar-refractivity contribution in [2.45, 2.75) is 33.7 Å². The van der Waals surface area contributed by atoms with Crippen LogP contribution in [0.25, 0.3) is 0 Å². The lowest BCUT2D eigenvalue weighted by Crippen LogP contribution is -3.14. The molecule has 0 saturated heterocycles. The van der Waals surface area contributed by atoms with E-state index < -0.39 is 6.04 Å². The second-order valence-electron chi connectivity index (χ2n) is 7.18. The quantitative estimate of drug-likeness (QED) is 0.667. The summed E-state index contributed by atoms with van der Waals surface area (Å²) in [7, 11) is 1.80. The normalized spacial score (nSPS) is 13.0. The van der Waals surface area contributed by atoms with Crippen LogP contribution in [0.5, 0.6) is 0 Å². The Hall–Kier alpha value is -2.08. The second kappa shape index (κ2) is 9.41. The third-order valence-corrected chi connectivity index (χ3v) is 5.26. The predicted molar refractivity (Wildman–Crippen MR) is 116 cm³/mol. The average Bonchev–Trinajstić information content (AvgIpc) is 2.60. The number of benzene rings is 2. The highest BCUT2D eigenvalue weighted by molar-refractivity contribution is 6.35. The van der Waals surface area contributed by atoms with Crippen LogP contribution in [0, 0.1) is 20.8 Å². The summed E-state index contributed by atoms with van der Waals surface area (Å²) < 4.78 is 0. The van der Waals surface area contributed by atoms with Gasteiger partial charge in [0.1, 0.15) is 0 Å². The number of amides is 2. The first-order chi connectivity index (χ1) is 13.1. The zero-order valence-electron chi connectivity index (χ0n) is 16.7. The molecule has 0 radical (unpaired) electrons. The number of likely N-dealkylation sites (N-methyl/N-ethyl adjacent to an activating group) is 1. The van der Waals surface area contributed by atoms with Crippen molar-refractivity contribution in [3.63, 3.8) is 0 Å². The molecule has 3 N–H and O–H groups in total. The Morgan fingerprint density at radius 2 is 1.64 bits per heavy atom. The van der Waals surface area contributed by atoms with Crippen LogP contribution in [-0.2, 0) is 9.59 Å². The molecule has 7 heteroatoms. The Bertz CT molecular complexity index is 876. The van der Waals surface area contributed by atoms with Crippen molar-refractivity contribution in [3.8, 4) is 0 Å². The molecule has 150 valence electrons. The molecule has 1 unspecified atom stereocenters. The maximum absolute atomic E-state index is 12.5. The number of anilines is 2. The fraction of sp³-hybridized carbons (Fsp3) is 0.333. The van der Waals surface area contributed by atoms with Gasteiger partial charge in [0.25, 0.3) is 11.8 Å². The largest absolute Gasteiger partial charge is 0.321 e. The van der Waals surface area contributed by atoms with Crippen molar-refractivity contribution >= 4 is 46.4 Å². The number of carbonyl (C=O) groups is 2. The van der Waals surface area contributed by atoms with Crippen LogP contribution in [0.1, 0.15) is 23.6 Å². The topological polar surface area (TPSA) is 62.6 Å². The van der Waals surface area contributed by atoms with Gasteiger partial charge in [-0.15, -0.1) is 0 Å². The number of hydrogen-bond donors (Lipinski definition) is 3. The molecule has 0 aliphatic heterocycles.